The number of carbonyl (C=O) groups is 1. The molecular formula is C12H16O4. The second kappa shape index (κ2) is 6.25. The Kier molecular flexibility index (Phi) is 4.95. The molecule has 0 heterocycles. The first-order valence-corrected chi connectivity index (χ1v) is 5.22. The van der Waals surface area contributed by atoms with Crippen LogP contribution in [0.15, 0.2) is 30.3 Å². The van der Waals surface area contributed by atoms with Gasteiger partial charge in [-0.2, -0.15) is 0 Å². The van der Waals surface area contributed by atoms with Crippen molar-refractivity contribution in [3.63, 3.8) is 0 Å². The van der Waals surface area contributed by atoms with Crippen molar-refractivity contribution < 1.29 is 19.7 Å². The quantitative estimate of drug-likeness (QED) is 0.733. The van der Waals surface area contributed by atoms with Crippen LogP contribution in [-0.2, 0) is 9.53 Å². The summed E-state index contributed by atoms with van der Waals surface area (Å²) in [5.41, 5.74) is 0.672. The predicted molar refractivity (Wildman–Crippen MR) is 58.7 cm³/mol. The van der Waals surface area contributed by atoms with Crippen molar-refractivity contribution in [1.82, 2.24) is 0 Å². The Hall–Kier alpha value is -1.39. The number of ether oxygens (including phenoxy) is 1. The fourth-order valence-corrected chi connectivity index (χ4v) is 1.33. The fraction of sp³-hybridized carbons (Fsp3) is 0.417. The van der Waals surface area contributed by atoms with Gasteiger partial charge < -0.3 is 14.9 Å². The van der Waals surface area contributed by atoms with Gasteiger partial charge in [-0.3, -0.25) is 4.79 Å². The van der Waals surface area contributed by atoms with Gasteiger partial charge in [-0.25, -0.2) is 0 Å². The second-order valence-electron chi connectivity index (χ2n) is 3.42. The van der Waals surface area contributed by atoms with Crippen molar-refractivity contribution in [2.45, 2.75) is 25.6 Å². The maximum atomic E-state index is 11.2. The van der Waals surface area contributed by atoms with Crippen molar-refractivity contribution >= 4 is 5.97 Å². The smallest absolute Gasteiger partial charge is 0.306 e. The third kappa shape index (κ3) is 3.32. The van der Waals surface area contributed by atoms with Crippen LogP contribution in [0, 0.1) is 0 Å². The number of aliphatic hydroxyl groups is 2. The number of rotatable bonds is 5. The summed E-state index contributed by atoms with van der Waals surface area (Å²) in [6.45, 7) is 1.23. The first-order chi connectivity index (χ1) is 7.69. The van der Waals surface area contributed by atoms with E-state index >= 15 is 0 Å². The highest BCUT2D eigenvalue weighted by molar-refractivity contribution is 5.69. The minimum atomic E-state index is -1.10. The Balaban J connectivity index is 2.83. The van der Waals surface area contributed by atoms with Crippen LogP contribution in [0.25, 0.3) is 0 Å². The van der Waals surface area contributed by atoms with Crippen molar-refractivity contribution in [1.29, 1.82) is 0 Å². The van der Waals surface area contributed by atoms with Crippen LogP contribution in [0.1, 0.15) is 25.0 Å². The molecule has 88 valence electrons. The number of hydrogen-bond acceptors (Lipinski definition) is 4. The third-order valence-electron chi connectivity index (χ3n) is 2.21. The molecule has 0 saturated heterocycles. The molecule has 2 atom stereocenters. The number of aliphatic hydroxyl groups excluding tert-OH is 2. The van der Waals surface area contributed by atoms with E-state index in [1.54, 1.807) is 31.2 Å². The van der Waals surface area contributed by atoms with E-state index in [4.69, 9.17) is 9.84 Å². The van der Waals surface area contributed by atoms with E-state index in [0.29, 0.717) is 5.56 Å². The summed E-state index contributed by atoms with van der Waals surface area (Å²) in [7, 11) is 0. The van der Waals surface area contributed by atoms with Gasteiger partial charge in [0.05, 0.1) is 6.61 Å². The lowest BCUT2D eigenvalue weighted by molar-refractivity contribution is -0.156. The third-order valence-corrected chi connectivity index (χ3v) is 2.21. The number of benzene rings is 1. The van der Waals surface area contributed by atoms with E-state index in [1.807, 2.05) is 6.07 Å². The molecule has 0 saturated carbocycles. The molecule has 1 aromatic rings. The summed E-state index contributed by atoms with van der Waals surface area (Å²) in [5, 5.41) is 18.5. The SMILES string of the molecule is CCC(=O)OC(c1ccccc1)C(O)CO. The molecule has 1 aromatic carbocycles. The molecule has 0 spiro atoms. The lowest BCUT2D eigenvalue weighted by Crippen LogP contribution is -2.26. The van der Waals surface area contributed by atoms with Gasteiger partial charge in [-0.1, -0.05) is 37.3 Å². The monoisotopic (exact) mass is 224 g/mol. The molecule has 4 heteroatoms. The second-order valence-corrected chi connectivity index (χ2v) is 3.42. The highest BCUT2D eigenvalue weighted by atomic mass is 16.6. The predicted octanol–water partition coefficient (Wildman–Crippen LogP) is 1.03. The highest BCUT2D eigenvalue weighted by Crippen LogP contribution is 2.21. The van der Waals surface area contributed by atoms with Gasteiger partial charge in [0.25, 0.3) is 0 Å². The van der Waals surface area contributed by atoms with Gasteiger partial charge >= 0.3 is 5.97 Å². The molecule has 4 nitrogen and oxygen atoms in total. The molecule has 0 aliphatic carbocycles. The van der Waals surface area contributed by atoms with Gasteiger partial charge in [0.1, 0.15) is 6.10 Å². The molecule has 0 aromatic heterocycles. The van der Waals surface area contributed by atoms with Crippen LogP contribution in [0.5, 0.6) is 0 Å². The summed E-state index contributed by atoms with van der Waals surface area (Å²) in [4.78, 5) is 11.2. The zero-order valence-corrected chi connectivity index (χ0v) is 9.17. The van der Waals surface area contributed by atoms with Crippen molar-refractivity contribution in [3.05, 3.63) is 35.9 Å². The van der Waals surface area contributed by atoms with Gasteiger partial charge in [0.2, 0.25) is 0 Å². The van der Waals surface area contributed by atoms with Crippen LogP contribution in [0.3, 0.4) is 0 Å². The minimum Gasteiger partial charge on any atom is -0.455 e. The minimum absolute atomic E-state index is 0.238. The molecule has 0 fully saturated rings. The summed E-state index contributed by atoms with van der Waals surface area (Å²) < 4.78 is 5.09. The van der Waals surface area contributed by atoms with Crippen LogP contribution >= 0.6 is 0 Å². The maximum absolute atomic E-state index is 11.2. The van der Waals surface area contributed by atoms with Crippen LogP contribution in [-0.4, -0.2) is 28.9 Å². The van der Waals surface area contributed by atoms with Gasteiger partial charge in [0, 0.05) is 6.42 Å². The van der Waals surface area contributed by atoms with E-state index < -0.39 is 24.8 Å². The molecular weight excluding hydrogens is 208 g/mol. The van der Waals surface area contributed by atoms with Crippen molar-refractivity contribution in [3.8, 4) is 0 Å². The Morgan fingerprint density at radius 3 is 2.50 bits per heavy atom. The van der Waals surface area contributed by atoms with Crippen LogP contribution < -0.4 is 0 Å². The molecule has 0 aliphatic heterocycles. The lowest BCUT2D eigenvalue weighted by Gasteiger charge is -2.21. The summed E-state index contributed by atoms with van der Waals surface area (Å²) in [5.74, 6) is -0.402. The normalized spacial score (nSPS) is 14.2. The Morgan fingerprint density at radius 2 is 2.00 bits per heavy atom. The van der Waals surface area contributed by atoms with E-state index in [-0.39, 0.29) is 6.42 Å². The van der Waals surface area contributed by atoms with E-state index in [2.05, 4.69) is 0 Å². The van der Waals surface area contributed by atoms with Gasteiger partial charge in [-0.05, 0) is 5.56 Å². The number of carbonyl (C=O) groups excluding carboxylic acids is 1. The van der Waals surface area contributed by atoms with Crippen LogP contribution in [0.4, 0.5) is 0 Å². The molecule has 16 heavy (non-hydrogen) atoms. The first-order valence-electron chi connectivity index (χ1n) is 5.22. The van der Waals surface area contributed by atoms with Crippen molar-refractivity contribution in [2.24, 2.45) is 0 Å². The largest absolute Gasteiger partial charge is 0.455 e. The van der Waals surface area contributed by atoms with E-state index in [9.17, 15) is 9.90 Å². The zero-order chi connectivity index (χ0) is 12.0. The summed E-state index contributed by atoms with van der Waals surface area (Å²) in [6, 6.07) is 8.88. The fourth-order valence-electron chi connectivity index (χ4n) is 1.33. The topological polar surface area (TPSA) is 66.8 Å². The van der Waals surface area contributed by atoms with Crippen molar-refractivity contribution in [2.75, 3.05) is 6.61 Å². The number of esters is 1. The van der Waals surface area contributed by atoms with Gasteiger partial charge in [0.15, 0.2) is 6.10 Å². The Morgan fingerprint density at radius 1 is 1.38 bits per heavy atom. The average Bonchev–Trinajstić information content (AvgIpc) is 2.35. The standard InChI is InChI=1S/C12H16O4/c1-2-11(15)16-12(10(14)8-13)9-6-4-3-5-7-9/h3-7,10,12-14H,2,8H2,1H3. The molecule has 0 amide bonds. The highest BCUT2D eigenvalue weighted by Gasteiger charge is 2.23. The van der Waals surface area contributed by atoms with Crippen LogP contribution in [0.2, 0.25) is 0 Å². The first kappa shape index (κ1) is 12.7. The average molecular weight is 224 g/mol. The summed E-state index contributed by atoms with van der Waals surface area (Å²) >= 11 is 0. The Labute approximate surface area is 94.5 Å². The van der Waals surface area contributed by atoms with Gasteiger partial charge in [-0.15, -0.1) is 0 Å². The van der Waals surface area contributed by atoms with E-state index in [0.717, 1.165) is 0 Å². The number of hydrogen-bond donors (Lipinski definition) is 2. The molecule has 2 unspecified atom stereocenters. The molecule has 0 aliphatic rings. The maximum Gasteiger partial charge on any atom is 0.306 e. The molecule has 0 radical (unpaired) electrons. The zero-order valence-electron chi connectivity index (χ0n) is 9.17. The van der Waals surface area contributed by atoms with E-state index in [1.165, 1.54) is 0 Å². The molecule has 1 rings (SSSR count). The lowest BCUT2D eigenvalue weighted by atomic mass is 10.0. The Bertz CT molecular complexity index is 323. The molecule has 2 N–H and O–H groups in total. The summed E-state index contributed by atoms with van der Waals surface area (Å²) in [6.07, 6.45) is -1.67. The molecule has 0 bridgehead atoms.